The number of hydrogen-bond acceptors (Lipinski definition) is 6. The van der Waals surface area contributed by atoms with Gasteiger partial charge in [0.1, 0.15) is 17.4 Å². The van der Waals surface area contributed by atoms with Crippen LogP contribution in [0.5, 0.6) is 5.75 Å². The Bertz CT molecular complexity index is 940. The SMILES string of the molecule is CSc1nc(-c2ccc(OC(F)(F)C(F)OC(F)(F)F)cc2)c(C#N)c(=O)[nH]1. The fourth-order valence-corrected chi connectivity index (χ4v) is 2.31. The van der Waals surface area contributed by atoms with Gasteiger partial charge in [-0.1, -0.05) is 11.8 Å². The van der Waals surface area contributed by atoms with Gasteiger partial charge in [0, 0.05) is 5.56 Å². The van der Waals surface area contributed by atoms with E-state index in [9.17, 15) is 31.1 Å². The van der Waals surface area contributed by atoms with Crippen LogP contribution in [-0.4, -0.2) is 35.1 Å². The maximum absolute atomic E-state index is 13.4. The highest BCUT2D eigenvalue weighted by molar-refractivity contribution is 7.98. The number of benzene rings is 1. The van der Waals surface area contributed by atoms with E-state index in [2.05, 4.69) is 19.4 Å². The number of hydrogen-bond donors (Lipinski definition) is 1. The van der Waals surface area contributed by atoms with Crippen LogP contribution in [0.1, 0.15) is 5.56 Å². The summed E-state index contributed by atoms with van der Waals surface area (Å²) in [4.78, 5) is 18.3. The molecule has 2 aromatic rings. The number of halogens is 6. The molecule has 1 heterocycles. The lowest BCUT2D eigenvalue weighted by Crippen LogP contribution is -2.41. The largest absolute Gasteiger partial charge is 0.525 e. The van der Waals surface area contributed by atoms with Crippen LogP contribution >= 0.6 is 11.8 Å². The van der Waals surface area contributed by atoms with Crippen LogP contribution in [0.25, 0.3) is 11.3 Å². The molecule has 0 aliphatic carbocycles. The predicted molar refractivity (Wildman–Crippen MR) is 84.4 cm³/mol. The quantitative estimate of drug-likeness (QED) is 0.430. The molecule has 0 saturated carbocycles. The number of aromatic amines is 1. The smallest absolute Gasteiger partial charge is 0.429 e. The van der Waals surface area contributed by atoms with Crippen molar-refractivity contribution in [2.45, 2.75) is 24.0 Å². The van der Waals surface area contributed by atoms with Gasteiger partial charge >= 0.3 is 18.8 Å². The molecular formula is C15H9F6N3O3S. The van der Waals surface area contributed by atoms with Crippen molar-refractivity contribution in [1.29, 1.82) is 5.26 Å². The Morgan fingerprint density at radius 3 is 2.32 bits per heavy atom. The molecule has 0 aliphatic heterocycles. The van der Waals surface area contributed by atoms with E-state index in [-0.39, 0.29) is 22.0 Å². The van der Waals surface area contributed by atoms with Crippen molar-refractivity contribution in [1.82, 2.24) is 9.97 Å². The minimum atomic E-state index is -5.62. The van der Waals surface area contributed by atoms with Gasteiger partial charge in [0.05, 0.1) is 5.69 Å². The summed E-state index contributed by atoms with van der Waals surface area (Å²) in [6.07, 6.45) is -13.0. The molecule has 150 valence electrons. The number of thioether (sulfide) groups is 1. The van der Waals surface area contributed by atoms with Crippen LogP contribution in [-0.2, 0) is 4.74 Å². The lowest BCUT2D eigenvalue weighted by Gasteiger charge is -2.22. The fourth-order valence-electron chi connectivity index (χ4n) is 1.93. The molecule has 28 heavy (non-hydrogen) atoms. The second-order valence-corrected chi connectivity index (χ2v) is 5.77. The molecule has 13 heteroatoms. The zero-order valence-corrected chi connectivity index (χ0v) is 14.5. The number of H-pyrrole nitrogens is 1. The first kappa shape index (κ1) is 21.6. The molecule has 1 aromatic heterocycles. The first-order chi connectivity index (χ1) is 13.0. The van der Waals surface area contributed by atoms with E-state index in [4.69, 9.17) is 5.26 Å². The molecule has 6 nitrogen and oxygen atoms in total. The van der Waals surface area contributed by atoms with Crippen LogP contribution in [0.15, 0.2) is 34.2 Å². The molecule has 0 amide bonds. The summed E-state index contributed by atoms with van der Waals surface area (Å²) >= 11 is 1.08. The third-order valence-corrected chi connectivity index (χ3v) is 3.67. The highest BCUT2D eigenvalue weighted by Gasteiger charge is 2.50. The number of aromatic nitrogens is 2. The highest BCUT2D eigenvalue weighted by atomic mass is 32.2. The monoisotopic (exact) mass is 425 g/mol. The molecule has 0 saturated heterocycles. The lowest BCUT2D eigenvalue weighted by atomic mass is 10.1. The minimum Gasteiger partial charge on any atom is -0.429 e. The summed E-state index contributed by atoms with van der Waals surface area (Å²) in [6.45, 7) is 0. The maximum Gasteiger partial charge on any atom is 0.525 e. The van der Waals surface area contributed by atoms with E-state index in [0.29, 0.717) is 0 Å². The van der Waals surface area contributed by atoms with Gasteiger partial charge < -0.3 is 9.72 Å². The van der Waals surface area contributed by atoms with E-state index < -0.39 is 30.1 Å². The van der Waals surface area contributed by atoms with Gasteiger partial charge in [0.15, 0.2) is 5.16 Å². The Hall–Kier alpha value is -2.72. The van der Waals surface area contributed by atoms with Gasteiger partial charge in [-0.15, -0.1) is 13.2 Å². The van der Waals surface area contributed by atoms with Crippen LogP contribution < -0.4 is 10.3 Å². The summed E-state index contributed by atoms with van der Waals surface area (Å²) < 4.78 is 82.0. The average molecular weight is 425 g/mol. The van der Waals surface area contributed by atoms with Gasteiger partial charge in [-0.05, 0) is 30.5 Å². The topological polar surface area (TPSA) is 88.0 Å². The molecule has 0 bridgehead atoms. The molecular weight excluding hydrogens is 416 g/mol. The molecule has 0 radical (unpaired) electrons. The number of nitrogens with one attached hydrogen (secondary N) is 1. The van der Waals surface area contributed by atoms with Gasteiger partial charge in [0.25, 0.3) is 5.56 Å². The molecule has 1 aromatic carbocycles. The zero-order chi connectivity index (χ0) is 21.1. The molecule has 1 N–H and O–H groups in total. The molecule has 0 aliphatic rings. The summed E-state index contributed by atoms with van der Waals surface area (Å²) in [5.41, 5.74) is -0.929. The van der Waals surface area contributed by atoms with Crippen LogP contribution in [0.4, 0.5) is 26.3 Å². The first-order valence-corrected chi connectivity index (χ1v) is 8.33. The Balaban J connectivity index is 2.29. The first-order valence-electron chi connectivity index (χ1n) is 7.11. The standard InChI is InChI=1S/C15H9F6N3O3S/c1-28-13-23-10(9(6-22)11(25)24-13)7-2-4-8(5-3-7)26-14(17,18)12(16)27-15(19,20)21/h2-5,12H,1H3,(H,23,24,25). The Kier molecular flexibility index (Phi) is 6.25. The van der Waals surface area contributed by atoms with Gasteiger partial charge in [-0.2, -0.15) is 14.0 Å². The van der Waals surface area contributed by atoms with Crippen molar-refractivity contribution in [2.24, 2.45) is 0 Å². The molecule has 1 atom stereocenters. The Labute approximate surface area is 157 Å². The Morgan fingerprint density at radius 2 is 1.82 bits per heavy atom. The van der Waals surface area contributed by atoms with Gasteiger partial charge in [-0.25, -0.2) is 14.1 Å². The normalized spacial score (nSPS) is 13.1. The number of nitriles is 1. The second kappa shape index (κ2) is 8.11. The lowest BCUT2D eigenvalue weighted by molar-refractivity contribution is -0.411. The molecule has 0 fully saturated rings. The van der Waals surface area contributed by atoms with Crippen molar-refractivity contribution in [2.75, 3.05) is 6.26 Å². The maximum atomic E-state index is 13.4. The van der Waals surface area contributed by atoms with Gasteiger partial charge in [0.2, 0.25) is 0 Å². The summed E-state index contributed by atoms with van der Waals surface area (Å²) in [7, 11) is 0. The van der Waals surface area contributed by atoms with Crippen LogP contribution in [0.3, 0.4) is 0 Å². The minimum absolute atomic E-state index is 0.0438. The zero-order valence-electron chi connectivity index (χ0n) is 13.7. The number of ether oxygens (including phenoxy) is 2. The molecule has 1 unspecified atom stereocenters. The average Bonchev–Trinajstić information content (AvgIpc) is 2.60. The fraction of sp³-hybridized carbons (Fsp3) is 0.267. The third kappa shape index (κ3) is 5.17. The molecule has 2 rings (SSSR count). The Morgan fingerprint density at radius 1 is 1.21 bits per heavy atom. The number of alkyl halides is 6. The third-order valence-electron chi connectivity index (χ3n) is 3.09. The summed E-state index contributed by atoms with van der Waals surface area (Å²) in [6, 6.07) is 5.67. The van der Waals surface area contributed by atoms with Crippen molar-refractivity contribution in [3.8, 4) is 23.1 Å². The highest BCUT2D eigenvalue weighted by Crippen LogP contribution is 2.32. The van der Waals surface area contributed by atoms with Crippen molar-refractivity contribution >= 4 is 11.8 Å². The van der Waals surface area contributed by atoms with Gasteiger partial charge in [-0.3, -0.25) is 4.79 Å². The summed E-state index contributed by atoms with van der Waals surface area (Å²) in [5, 5.41) is 9.29. The van der Waals surface area contributed by atoms with Crippen molar-refractivity contribution in [3.63, 3.8) is 0 Å². The predicted octanol–water partition coefficient (Wildman–Crippen LogP) is 3.83. The summed E-state index contributed by atoms with van der Waals surface area (Å²) in [5.74, 6) is -0.685. The molecule has 0 spiro atoms. The number of nitrogens with zero attached hydrogens (tertiary/aromatic N) is 2. The van der Waals surface area contributed by atoms with E-state index in [0.717, 1.165) is 36.0 Å². The van der Waals surface area contributed by atoms with Crippen molar-refractivity contribution < 1.29 is 35.8 Å². The van der Waals surface area contributed by atoms with Crippen LogP contribution in [0.2, 0.25) is 0 Å². The van der Waals surface area contributed by atoms with Crippen molar-refractivity contribution in [3.05, 3.63) is 40.2 Å². The number of rotatable bonds is 6. The van der Waals surface area contributed by atoms with Crippen LogP contribution in [0, 0.1) is 11.3 Å². The van der Waals surface area contributed by atoms with E-state index in [1.165, 1.54) is 0 Å². The van der Waals surface area contributed by atoms with E-state index in [1.54, 1.807) is 12.3 Å². The second-order valence-electron chi connectivity index (χ2n) is 4.98. The van der Waals surface area contributed by atoms with E-state index in [1.807, 2.05) is 0 Å². The van der Waals surface area contributed by atoms with E-state index >= 15 is 0 Å².